The number of carbonyl (C=O) groups excluding carboxylic acids is 1. The fraction of sp³-hybridized carbons (Fsp3) is 0.143. The minimum atomic E-state index is -4.95. The molecular formula is C7H4F3NO2. The SMILES string of the molecule is O=C(OC(F)(F)F)c1cccnc1. The molecule has 3 nitrogen and oxygen atoms in total. The van der Waals surface area contributed by atoms with Gasteiger partial charge in [-0.05, 0) is 12.1 Å². The highest BCUT2D eigenvalue weighted by atomic mass is 19.4. The second kappa shape index (κ2) is 3.42. The van der Waals surface area contributed by atoms with E-state index >= 15 is 0 Å². The highest BCUT2D eigenvalue weighted by molar-refractivity contribution is 5.88. The van der Waals surface area contributed by atoms with E-state index in [0.717, 1.165) is 6.20 Å². The third-order valence-corrected chi connectivity index (χ3v) is 1.11. The molecule has 0 aliphatic carbocycles. The van der Waals surface area contributed by atoms with Gasteiger partial charge in [0.05, 0.1) is 5.56 Å². The second-order valence-corrected chi connectivity index (χ2v) is 2.08. The topological polar surface area (TPSA) is 39.2 Å². The Morgan fingerprint density at radius 3 is 2.62 bits per heavy atom. The van der Waals surface area contributed by atoms with Gasteiger partial charge in [-0.25, -0.2) is 4.79 Å². The lowest BCUT2D eigenvalue weighted by Gasteiger charge is -2.05. The van der Waals surface area contributed by atoms with E-state index < -0.39 is 12.3 Å². The van der Waals surface area contributed by atoms with Gasteiger partial charge in [-0.15, -0.1) is 13.2 Å². The van der Waals surface area contributed by atoms with Gasteiger partial charge >= 0.3 is 12.3 Å². The average molecular weight is 191 g/mol. The van der Waals surface area contributed by atoms with Gasteiger partial charge in [0.1, 0.15) is 0 Å². The van der Waals surface area contributed by atoms with Crippen molar-refractivity contribution in [2.45, 2.75) is 6.36 Å². The van der Waals surface area contributed by atoms with E-state index in [1.54, 1.807) is 0 Å². The standard InChI is InChI=1S/C7H4F3NO2/c8-7(9,10)13-6(12)5-2-1-3-11-4-5/h1-4H. The maximum atomic E-state index is 11.5. The van der Waals surface area contributed by atoms with Crippen LogP contribution in [0.2, 0.25) is 0 Å². The van der Waals surface area contributed by atoms with Crippen LogP contribution in [0.1, 0.15) is 10.4 Å². The van der Waals surface area contributed by atoms with Crippen LogP contribution >= 0.6 is 0 Å². The number of ether oxygens (including phenoxy) is 1. The zero-order valence-corrected chi connectivity index (χ0v) is 6.21. The van der Waals surface area contributed by atoms with Crippen molar-refractivity contribution >= 4 is 5.97 Å². The van der Waals surface area contributed by atoms with E-state index in [0.29, 0.717) is 0 Å². The third kappa shape index (κ3) is 3.10. The number of hydrogen-bond donors (Lipinski definition) is 0. The molecule has 0 saturated heterocycles. The van der Waals surface area contributed by atoms with Gasteiger partial charge in [0.15, 0.2) is 0 Å². The first-order valence-electron chi connectivity index (χ1n) is 3.19. The molecule has 1 heterocycles. The van der Waals surface area contributed by atoms with E-state index in [9.17, 15) is 18.0 Å². The van der Waals surface area contributed by atoms with Gasteiger partial charge in [0.25, 0.3) is 0 Å². The number of pyridine rings is 1. The van der Waals surface area contributed by atoms with E-state index in [4.69, 9.17) is 0 Å². The predicted molar refractivity (Wildman–Crippen MR) is 35.7 cm³/mol. The molecule has 0 aliphatic heterocycles. The first kappa shape index (κ1) is 9.50. The Labute approximate surface area is 71.2 Å². The molecule has 6 heteroatoms. The molecule has 1 aromatic heterocycles. The van der Waals surface area contributed by atoms with Crippen LogP contribution in [0.3, 0.4) is 0 Å². The van der Waals surface area contributed by atoms with Crippen LogP contribution in [0, 0.1) is 0 Å². The monoisotopic (exact) mass is 191 g/mol. The van der Waals surface area contributed by atoms with Crippen LogP contribution in [0.15, 0.2) is 24.5 Å². The fourth-order valence-corrected chi connectivity index (χ4v) is 0.648. The Morgan fingerprint density at radius 2 is 2.15 bits per heavy atom. The molecule has 0 bridgehead atoms. The number of nitrogens with zero attached hydrogens (tertiary/aromatic N) is 1. The number of hydrogen-bond acceptors (Lipinski definition) is 3. The first-order chi connectivity index (χ1) is 5.99. The van der Waals surface area contributed by atoms with Crippen LogP contribution in [0.4, 0.5) is 13.2 Å². The molecule has 13 heavy (non-hydrogen) atoms. The van der Waals surface area contributed by atoms with Crippen molar-refractivity contribution < 1.29 is 22.7 Å². The van der Waals surface area contributed by atoms with Crippen molar-refractivity contribution in [3.05, 3.63) is 30.1 Å². The quantitative estimate of drug-likeness (QED) is 0.635. The lowest BCUT2D eigenvalue weighted by molar-refractivity contribution is -0.291. The van der Waals surface area contributed by atoms with Crippen molar-refractivity contribution in [2.24, 2.45) is 0 Å². The van der Waals surface area contributed by atoms with Gasteiger partial charge in [-0.1, -0.05) is 0 Å². The maximum Gasteiger partial charge on any atom is 0.575 e. The zero-order valence-electron chi connectivity index (χ0n) is 6.21. The smallest absolute Gasteiger partial charge is 0.369 e. The Hall–Kier alpha value is -1.59. The molecule has 0 spiro atoms. The van der Waals surface area contributed by atoms with Crippen LogP contribution < -0.4 is 0 Å². The summed E-state index contributed by atoms with van der Waals surface area (Å²) in [6.07, 6.45) is -2.62. The number of halogens is 3. The predicted octanol–water partition coefficient (Wildman–Crippen LogP) is 1.76. The summed E-state index contributed by atoms with van der Waals surface area (Å²) < 4.78 is 37.7. The van der Waals surface area contributed by atoms with Gasteiger partial charge < -0.3 is 4.74 Å². The zero-order chi connectivity index (χ0) is 9.90. The lowest BCUT2D eigenvalue weighted by atomic mass is 10.3. The molecule has 0 amide bonds. The maximum absolute atomic E-state index is 11.5. The minimum absolute atomic E-state index is 0.236. The van der Waals surface area contributed by atoms with Gasteiger partial charge in [0, 0.05) is 12.4 Å². The summed E-state index contributed by atoms with van der Waals surface area (Å²) in [5.74, 6) is -1.46. The highest BCUT2D eigenvalue weighted by Gasteiger charge is 2.34. The van der Waals surface area contributed by atoms with E-state index in [1.807, 2.05) is 0 Å². The summed E-state index contributed by atoms with van der Waals surface area (Å²) in [7, 11) is 0. The molecule has 0 radical (unpaired) electrons. The summed E-state index contributed by atoms with van der Waals surface area (Å²) in [4.78, 5) is 14.1. The number of alkyl halides is 3. The van der Waals surface area contributed by atoms with Crippen molar-refractivity contribution in [1.29, 1.82) is 0 Å². The van der Waals surface area contributed by atoms with Gasteiger partial charge in [0.2, 0.25) is 0 Å². The van der Waals surface area contributed by atoms with E-state index in [1.165, 1.54) is 18.3 Å². The number of rotatable bonds is 1. The molecule has 1 aromatic rings. The van der Waals surface area contributed by atoms with Crippen molar-refractivity contribution in [3.8, 4) is 0 Å². The summed E-state index contributed by atoms with van der Waals surface area (Å²) in [6, 6.07) is 2.52. The fourth-order valence-electron chi connectivity index (χ4n) is 0.648. The molecule has 0 N–H and O–H groups in total. The summed E-state index contributed by atoms with van der Waals surface area (Å²) in [5, 5.41) is 0. The van der Waals surface area contributed by atoms with E-state index in [2.05, 4.69) is 9.72 Å². The molecular weight excluding hydrogens is 187 g/mol. The molecule has 0 fully saturated rings. The summed E-state index contributed by atoms with van der Waals surface area (Å²) in [6.45, 7) is 0. The second-order valence-electron chi connectivity index (χ2n) is 2.08. The Balaban J connectivity index is 2.71. The summed E-state index contributed by atoms with van der Waals surface area (Å²) >= 11 is 0. The molecule has 1 rings (SSSR count). The average Bonchev–Trinajstić information content (AvgIpc) is 2.03. The van der Waals surface area contributed by atoms with Crippen LogP contribution in [-0.4, -0.2) is 17.3 Å². The Kier molecular flexibility index (Phi) is 2.50. The molecule has 70 valence electrons. The Bertz CT molecular complexity index is 296. The van der Waals surface area contributed by atoms with Crippen LogP contribution in [0.25, 0.3) is 0 Å². The van der Waals surface area contributed by atoms with Crippen LogP contribution in [0.5, 0.6) is 0 Å². The highest BCUT2D eigenvalue weighted by Crippen LogP contribution is 2.18. The molecule has 0 unspecified atom stereocenters. The van der Waals surface area contributed by atoms with Crippen molar-refractivity contribution in [2.75, 3.05) is 0 Å². The van der Waals surface area contributed by atoms with Crippen molar-refractivity contribution in [3.63, 3.8) is 0 Å². The largest absolute Gasteiger partial charge is 0.575 e. The summed E-state index contributed by atoms with van der Waals surface area (Å²) in [5.41, 5.74) is -0.236. The number of esters is 1. The molecule has 0 aliphatic rings. The lowest BCUT2D eigenvalue weighted by Crippen LogP contribution is -2.19. The number of aromatic nitrogens is 1. The molecule has 0 saturated carbocycles. The third-order valence-electron chi connectivity index (χ3n) is 1.11. The van der Waals surface area contributed by atoms with Gasteiger partial charge in [-0.3, -0.25) is 4.98 Å². The first-order valence-corrected chi connectivity index (χ1v) is 3.19. The normalized spacial score (nSPS) is 11.0. The van der Waals surface area contributed by atoms with Crippen LogP contribution in [-0.2, 0) is 4.74 Å². The number of carbonyl (C=O) groups is 1. The molecule has 0 atom stereocenters. The minimum Gasteiger partial charge on any atom is -0.369 e. The Morgan fingerprint density at radius 1 is 1.46 bits per heavy atom. The van der Waals surface area contributed by atoms with Gasteiger partial charge in [-0.2, -0.15) is 0 Å². The van der Waals surface area contributed by atoms with Crippen molar-refractivity contribution in [1.82, 2.24) is 4.98 Å². The molecule has 0 aromatic carbocycles. The van der Waals surface area contributed by atoms with E-state index in [-0.39, 0.29) is 5.56 Å².